The SMILES string of the molecule is C[C@@H](NC(=O)COC(=O)c1ccccc1[S@](C)=O)c1ccc(Cl)cc1Cl. The van der Waals surface area contributed by atoms with Gasteiger partial charge in [-0.15, -0.1) is 0 Å². The van der Waals surface area contributed by atoms with E-state index in [0.29, 0.717) is 20.5 Å². The van der Waals surface area contributed by atoms with Crippen LogP contribution >= 0.6 is 23.2 Å². The number of rotatable bonds is 6. The lowest BCUT2D eigenvalue weighted by atomic mass is 10.1. The van der Waals surface area contributed by atoms with Crippen molar-refractivity contribution >= 4 is 45.9 Å². The highest BCUT2D eigenvalue weighted by atomic mass is 35.5. The summed E-state index contributed by atoms with van der Waals surface area (Å²) >= 11 is 12.0. The van der Waals surface area contributed by atoms with E-state index in [1.807, 2.05) is 0 Å². The number of carbonyl (C=O) groups excluding carboxylic acids is 2. The number of ether oxygens (including phenoxy) is 1. The molecule has 2 rings (SSSR count). The molecule has 2 atom stereocenters. The van der Waals surface area contributed by atoms with Crippen LogP contribution in [-0.4, -0.2) is 28.9 Å². The summed E-state index contributed by atoms with van der Waals surface area (Å²) in [4.78, 5) is 24.6. The summed E-state index contributed by atoms with van der Waals surface area (Å²) in [6.45, 7) is 1.30. The maximum Gasteiger partial charge on any atom is 0.339 e. The van der Waals surface area contributed by atoms with Gasteiger partial charge in [0.05, 0.1) is 27.3 Å². The van der Waals surface area contributed by atoms with Crippen molar-refractivity contribution in [1.82, 2.24) is 5.32 Å². The van der Waals surface area contributed by atoms with Crippen LogP contribution in [0.1, 0.15) is 28.9 Å². The Morgan fingerprint density at radius 1 is 1.19 bits per heavy atom. The van der Waals surface area contributed by atoms with Crippen molar-refractivity contribution in [3.05, 3.63) is 63.6 Å². The van der Waals surface area contributed by atoms with Gasteiger partial charge in [-0.2, -0.15) is 0 Å². The minimum absolute atomic E-state index is 0.176. The van der Waals surface area contributed by atoms with E-state index in [4.69, 9.17) is 27.9 Å². The number of hydrogen-bond donors (Lipinski definition) is 1. The fourth-order valence-corrected chi connectivity index (χ4v) is 3.61. The van der Waals surface area contributed by atoms with Crippen LogP contribution in [0.25, 0.3) is 0 Å². The van der Waals surface area contributed by atoms with Gasteiger partial charge in [-0.05, 0) is 36.8 Å². The number of hydrogen-bond acceptors (Lipinski definition) is 4. The van der Waals surface area contributed by atoms with E-state index in [9.17, 15) is 13.8 Å². The molecule has 0 saturated heterocycles. The van der Waals surface area contributed by atoms with Crippen LogP contribution in [-0.2, 0) is 20.3 Å². The van der Waals surface area contributed by atoms with Gasteiger partial charge < -0.3 is 10.1 Å². The molecule has 138 valence electrons. The van der Waals surface area contributed by atoms with Gasteiger partial charge in [-0.1, -0.05) is 41.4 Å². The molecule has 1 N–H and O–H groups in total. The van der Waals surface area contributed by atoms with E-state index < -0.39 is 29.3 Å². The van der Waals surface area contributed by atoms with Gasteiger partial charge in [0.25, 0.3) is 5.91 Å². The van der Waals surface area contributed by atoms with Gasteiger partial charge in [0.2, 0.25) is 0 Å². The van der Waals surface area contributed by atoms with Crippen LogP contribution in [0.2, 0.25) is 10.0 Å². The van der Waals surface area contributed by atoms with Crippen molar-refractivity contribution in [2.45, 2.75) is 17.9 Å². The summed E-state index contributed by atoms with van der Waals surface area (Å²) in [5.41, 5.74) is 0.873. The molecule has 0 radical (unpaired) electrons. The Morgan fingerprint density at radius 3 is 2.54 bits per heavy atom. The quantitative estimate of drug-likeness (QED) is 0.731. The van der Waals surface area contributed by atoms with Crippen LogP contribution in [0.5, 0.6) is 0 Å². The second-order valence-corrected chi connectivity index (χ2v) is 7.67. The molecule has 2 aromatic rings. The molecule has 5 nitrogen and oxygen atoms in total. The number of amides is 1. The van der Waals surface area contributed by atoms with Crippen molar-refractivity contribution in [2.75, 3.05) is 12.9 Å². The summed E-state index contributed by atoms with van der Waals surface area (Å²) in [6.07, 6.45) is 1.47. The predicted octanol–water partition coefficient (Wildman–Crippen LogP) is 3.77. The second-order valence-electron chi connectivity index (χ2n) is 5.48. The maximum absolute atomic E-state index is 12.1. The first kappa shape index (κ1) is 20.4. The van der Waals surface area contributed by atoms with Crippen LogP contribution in [0.3, 0.4) is 0 Å². The molecule has 0 aromatic heterocycles. The molecule has 26 heavy (non-hydrogen) atoms. The van der Waals surface area contributed by atoms with Crippen LogP contribution < -0.4 is 5.32 Å². The second kappa shape index (κ2) is 9.16. The van der Waals surface area contributed by atoms with E-state index in [-0.39, 0.29) is 11.6 Å². The van der Waals surface area contributed by atoms with Gasteiger partial charge >= 0.3 is 5.97 Å². The van der Waals surface area contributed by atoms with Gasteiger partial charge in [-0.3, -0.25) is 9.00 Å². The van der Waals surface area contributed by atoms with Crippen molar-refractivity contribution in [3.63, 3.8) is 0 Å². The normalized spacial score (nSPS) is 12.9. The summed E-state index contributed by atoms with van der Waals surface area (Å²) < 4.78 is 16.7. The fourth-order valence-electron chi connectivity index (χ4n) is 2.31. The molecule has 8 heteroatoms. The number of benzene rings is 2. The molecular weight excluding hydrogens is 397 g/mol. The van der Waals surface area contributed by atoms with E-state index in [1.165, 1.54) is 12.3 Å². The van der Waals surface area contributed by atoms with E-state index in [2.05, 4.69) is 5.32 Å². The zero-order chi connectivity index (χ0) is 19.3. The Balaban J connectivity index is 1.96. The monoisotopic (exact) mass is 413 g/mol. The largest absolute Gasteiger partial charge is 0.452 e. The zero-order valence-corrected chi connectivity index (χ0v) is 16.5. The first-order valence-corrected chi connectivity index (χ1v) is 9.95. The number of esters is 1. The first-order valence-electron chi connectivity index (χ1n) is 7.63. The molecule has 0 aliphatic heterocycles. The van der Waals surface area contributed by atoms with E-state index in [0.717, 1.165) is 0 Å². The average Bonchev–Trinajstić information content (AvgIpc) is 2.59. The topological polar surface area (TPSA) is 72.5 Å². The van der Waals surface area contributed by atoms with E-state index in [1.54, 1.807) is 43.3 Å². The molecule has 0 aliphatic carbocycles. The third-order valence-electron chi connectivity index (χ3n) is 3.56. The number of carbonyl (C=O) groups is 2. The Bertz CT molecular complexity index is 857. The van der Waals surface area contributed by atoms with Gasteiger partial charge in [0.15, 0.2) is 6.61 Å². The summed E-state index contributed by atoms with van der Waals surface area (Å²) in [6, 6.07) is 11.0. The Hall–Kier alpha value is -1.89. The van der Waals surface area contributed by atoms with Gasteiger partial charge in [0.1, 0.15) is 0 Å². The summed E-state index contributed by atoms with van der Waals surface area (Å²) in [7, 11) is -1.34. The molecule has 0 heterocycles. The Labute approximate surface area is 164 Å². The van der Waals surface area contributed by atoms with Crippen molar-refractivity contribution in [3.8, 4) is 0 Å². The highest BCUT2D eigenvalue weighted by Gasteiger charge is 2.18. The van der Waals surface area contributed by atoms with Crippen LogP contribution in [0.4, 0.5) is 0 Å². The lowest BCUT2D eigenvalue weighted by Gasteiger charge is -2.16. The third-order valence-corrected chi connectivity index (χ3v) is 5.10. The lowest BCUT2D eigenvalue weighted by Crippen LogP contribution is -2.31. The Morgan fingerprint density at radius 2 is 1.88 bits per heavy atom. The number of nitrogens with one attached hydrogen (secondary N) is 1. The minimum Gasteiger partial charge on any atom is -0.452 e. The molecule has 0 spiro atoms. The highest BCUT2D eigenvalue weighted by Crippen LogP contribution is 2.26. The molecule has 2 aromatic carbocycles. The summed E-state index contributed by atoms with van der Waals surface area (Å²) in [5.74, 6) is -1.19. The number of halogens is 2. The van der Waals surface area contributed by atoms with Crippen LogP contribution in [0.15, 0.2) is 47.4 Å². The molecule has 1 amide bonds. The average molecular weight is 414 g/mol. The molecule has 0 fully saturated rings. The van der Waals surface area contributed by atoms with Crippen molar-refractivity contribution in [1.29, 1.82) is 0 Å². The van der Waals surface area contributed by atoms with E-state index >= 15 is 0 Å². The first-order chi connectivity index (χ1) is 12.3. The lowest BCUT2D eigenvalue weighted by molar-refractivity contribution is -0.124. The minimum atomic E-state index is -1.34. The Kier molecular flexibility index (Phi) is 7.20. The molecule has 0 unspecified atom stereocenters. The predicted molar refractivity (Wildman–Crippen MR) is 102 cm³/mol. The zero-order valence-electron chi connectivity index (χ0n) is 14.1. The molecule has 0 bridgehead atoms. The van der Waals surface area contributed by atoms with Gasteiger partial charge in [0, 0.05) is 16.3 Å². The smallest absolute Gasteiger partial charge is 0.339 e. The summed E-state index contributed by atoms with van der Waals surface area (Å²) in [5, 5.41) is 3.63. The van der Waals surface area contributed by atoms with Crippen molar-refractivity contribution < 1.29 is 18.5 Å². The molecule has 0 saturated carbocycles. The van der Waals surface area contributed by atoms with Crippen LogP contribution in [0, 0.1) is 0 Å². The fraction of sp³-hybridized carbons (Fsp3) is 0.222. The third kappa shape index (κ3) is 5.30. The highest BCUT2D eigenvalue weighted by molar-refractivity contribution is 7.84. The standard InChI is InChI=1S/C18H17Cl2NO4S/c1-11(13-8-7-12(19)9-15(13)20)21-17(22)10-25-18(23)14-5-3-4-6-16(14)26(2)24/h3-9,11H,10H2,1-2H3,(H,21,22)/t11-,26+/m1/s1. The maximum atomic E-state index is 12.1. The van der Waals surface area contributed by atoms with Crippen molar-refractivity contribution in [2.24, 2.45) is 0 Å². The molecule has 0 aliphatic rings. The van der Waals surface area contributed by atoms with Gasteiger partial charge in [-0.25, -0.2) is 4.79 Å². The molecular formula is C18H17Cl2NO4S.